The zero-order valence-corrected chi connectivity index (χ0v) is 12.0. The summed E-state index contributed by atoms with van der Waals surface area (Å²) in [6, 6.07) is 2.61. The van der Waals surface area contributed by atoms with Crippen LogP contribution >= 0.6 is 0 Å². The maximum absolute atomic E-state index is 13.9. The van der Waals surface area contributed by atoms with Crippen LogP contribution in [0, 0.1) is 11.7 Å². The van der Waals surface area contributed by atoms with E-state index in [9.17, 15) is 9.18 Å². The molecule has 1 atom stereocenters. The zero-order chi connectivity index (χ0) is 14.4. The number of rotatable bonds is 7. The topological polar surface area (TPSA) is 35.5 Å². The van der Waals surface area contributed by atoms with Gasteiger partial charge in [0.15, 0.2) is 17.3 Å². The van der Waals surface area contributed by atoms with Gasteiger partial charge < -0.3 is 9.47 Å². The van der Waals surface area contributed by atoms with Crippen LogP contribution in [0.3, 0.4) is 0 Å². The van der Waals surface area contributed by atoms with E-state index in [-0.39, 0.29) is 23.0 Å². The molecule has 0 aliphatic carbocycles. The zero-order valence-electron chi connectivity index (χ0n) is 12.0. The van der Waals surface area contributed by atoms with Crippen LogP contribution in [0.5, 0.6) is 11.5 Å². The number of ether oxygens (including phenoxy) is 2. The van der Waals surface area contributed by atoms with Crippen molar-refractivity contribution in [1.29, 1.82) is 0 Å². The van der Waals surface area contributed by atoms with Crippen molar-refractivity contribution in [3.63, 3.8) is 0 Å². The number of carbonyl (C=O) groups is 1. The highest BCUT2D eigenvalue weighted by molar-refractivity contribution is 5.98. The fourth-order valence-electron chi connectivity index (χ4n) is 1.95. The van der Waals surface area contributed by atoms with E-state index in [2.05, 4.69) is 6.92 Å². The molecule has 0 bridgehead atoms. The summed E-state index contributed by atoms with van der Waals surface area (Å²) in [4.78, 5) is 12.2. The Morgan fingerprint density at radius 3 is 2.37 bits per heavy atom. The third-order valence-electron chi connectivity index (χ3n) is 3.18. The maximum Gasteiger partial charge on any atom is 0.168 e. The van der Waals surface area contributed by atoms with Crippen LogP contribution < -0.4 is 9.47 Å². The Hall–Kier alpha value is -1.58. The van der Waals surface area contributed by atoms with Crippen molar-refractivity contribution >= 4 is 5.78 Å². The Labute approximate surface area is 113 Å². The molecule has 0 aliphatic heterocycles. The van der Waals surface area contributed by atoms with Crippen LogP contribution in [0.15, 0.2) is 12.1 Å². The largest absolute Gasteiger partial charge is 0.493 e. The highest BCUT2D eigenvalue weighted by Gasteiger charge is 2.21. The molecule has 4 heteroatoms. The average Bonchev–Trinajstić information content (AvgIpc) is 2.43. The van der Waals surface area contributed by atoms with E-state index in [1.165, 1.54) is 26.4 Å². The number of benzene rings is 1. The van der Waals surface area contributed by atoms with Crippen molar-refractivity contribution < 1.29 is 18.7 Å². The predicted octanol–water partition coefficient (Wildman–Crippen LogP) is 3.85. The molecular formula is C15H21FO3. The lowest BCUT2D eigenvalue weighted by Crippen LogP contribution is -2.13. The molecule has 0 amide bonds. The number of ketones is 1. The molecule has 3 nitrogen and oxygen atoms in total. The smallest absolute Gasteiger partial charge is 0.168 e. The Morgan fingerprint density at radius 2 is 1.84 bits per heavy atom. The van der Waals surface area contributed by atoms with Gasteiger partial charge in [0, 0.05) is 12.0 Å². The van der Waals surface area contributed by atoms with Crippen LogP contribution in [0.4, 0.5) is 4.39 Å². The van der Waals surface area contributed by atoms with Gasteiger partial charge in [0.05, 0.1) is 19.8 Å². The minimum absolute atomic E-state index is 0.0706. The first kappa shape index (κ1) is 15.5. The molecule has 19 heavy (non-hydrogen) atoms. The normalized spacial score (nSPS) is 12.1. The first-order valence-corrected chi connectivity index (χ1v) is 6.50. The molecule has 0 saturated carbocycles. The predicted molar refractivity (Wildman–Crippen MR) is 72.5 cm³/mol. The van der Waals surface area contributed by atoms with Crippen LogP contribution in [0.2, 0.25) is 0 Å². The van der Waals surface area contributed by atoms with Crippen LogP contribution in [-0.4, -0.2) is 20.0 Å². The molecule has 0 aliphatic rings. The molecule has 0 saturated heterocycles. The molecule has 0 aromatic heterocycles. The minimum Gasteiger partial charge on any atom is -0.493 e. The Balaban J connectivity index is 3.02. The van der Waals surface area contributed by atoms with Gasteiger partial charge in [-0.2, -0.15) is 0 Å². The minimum atomic E-state index is -0.564. The van der Waals surface area contributed by atoms with Gasteiger partial charge in [-0.05, 0) is 12.5 Å². The molecular weight excluding hydrogens is 247 g/mol. The quantitative estimate of drug-likeness (QED) is 0.704. The molecule has 0 heterocycles. The number of carbonyl (C=O) groups excluding carboxylic acids is 1. The van der Waals surface area contributed by atoms with Crippen molar-refractivity contribution in [2.45, 2.75) is 33.1 Å². The highest BCUT2D eigenvalue weighted by atomic mass is 19.1. The SMILES string of the molecule is CCCCC(C)C(=O)c1cc(OC)c(OC)cc1F. The van der Waals surface area contributed by atoms with Crippen molar-refractivity contribution in [2.24, 2.45) is 5.92 Å². The van der Waals surface area contributed by atoms with Crippen molar-refractivity contribution in [3.8, 4) is 11.5 Å². The third kappa shape index (κ3) is 3.69. The summed E-state index contributed by atoms with van der Waals surface area (Å²) in [5, 5.41) is 0. The second kappa shape index (κ2) is 7.12. The maximum atomic E-state index is 13.9. The lowest BCUT2D eigenvalue weighted by Gasteiger charge is -2.13. The molecule has 0 radical (unpaired) electrons. The van der Waals surface area contributed by atoms with Gasteiger partial charge in [0.2, 0.25) is 0 Å². The molecule has 1 unspecified atom stereocenters. The molecule has 1 aromatic carbocycles. The number of methoxy groups -OCH3 is 2. The van der Waals surface area contributed by atoms with E-state index in [4.69, 9.17) is 9.47 Å². The van der Waals surface area contributed by atoms with Gasteiger partial charge in [-0.15, -0.1) is 0 Å². The Morgan fingerprint density at radius 1 is 1.26 bits per heavy atom. The van der Waals surface area contributed by atoms with Gasteiger partial charge in [0.25, 0.3) is 0 Å². The molecule has 0 N–H and O–H groups in total. The number of halogens is 1. The Kier molecular flexibility index (Phi) is 5.80. The monoisotopic (exact) mass is 268 g/mol. The van der Waals surface area contributed by atoms with Crippen LogP contribution in [0.1, 0.15) is 43.5 Å². The molecule has 0 fully saturated rings. The van der Waals surface area contributed by atoms with E-state index < -0.39 is 5.82 Å². The van der Waals surface area contributed by atoms with Gasteiger partial charge in [-0.25, -0.2) is 4.39 Å². The van der Waals surface area contributed by atoms with Crippen LogP contribution in [-0.2, 0) is 0 Å². The summed E-state index contributed by atoms with van der Waals surface area (Å²) in [5.74, 6) is -0.279. The lowest BCUT2D eigenvalue weighted by atomic mass is 9.94. The number of hydrogen-bond acceptors (Lipinski definition) is 3. The van der Waals surface area contributed by atoms with E-state index in [0.29, 0.717) is 5.75 Å². The van der Waals surface area contributed by atoms with E-state index in [1.54, 1.807) is 0 Å². The number of unbranched alkanes of at least 4 members (excludes halogenated alkanes) is 1. The first-order chi connectivity index (χ1) is 9.04. The molecule has 106 valence electrons. The van der Waals surface area contributed by atoms with E-state index in [1.807, 2.05) is 6.92 Å². The molecule has 0 spiro atoms. The van der Waals surface area contributed by atoms with Crippen molar-refractivity contribution in [1.82, 2.24) is 0 Å². The number of hydrogen-bond donors (Lipinski definition) is 0. The van der Waals surface area contributed by atoms with Gasteiger partial charge in [-0.1, -0.05) is 26.7 Å². The number of Topliss-reactive ketones (excluding diaryl/α,β-unsaturated/α-hetero) is 1. The van der Waals surface area contributed by atoms with Gasteiger partial charge >= 0.3 is 0 Å². The summed E-state index contributed by atoms with van der Waals surface area (Å²) in [7, 11) is 2.90. The average molecular weight is 268 g/mol. The third-order valence-corrected chi connectivity index (χ3v) is 3.18. The van der Waals surface area contributed by atoms with Gasteiger partial charge in [0.1, 0.15) is 5.82 Å². The fraction of sp³-hybridized carbons (Fsp3) is 0.533. The van der Waals surface area contributed by atoms with E-state index in [0.717, 1.165) is 19.3 Å². The van der Waals surface area contributed by atoms with Crippen LogP contribution in [0.25, 0.3) is 0 Å². The molecule has 1 aromatic rings. The second-order valence-electron chi connectivity index (χ2n) is 4.59. The standard InChI is InChI=1S/C15H21FO3/c1-5-6-7-10(2)15(17)11-8-13(18-3)14(19-4)9-12(11)16/h8-10H,5-7H2,1-4H3. The van der Waals surface area contributed by atoms with Gasteiger partial charge in [-0.3, -0.25) is 4.79 Å². The van der Waals surface area contributed by atoms with Crippen molar-refractivity contribution in [3.05, 3.63) is 23.5 Å². The second-order valence-corrected chi connectivity index (χ2v) is 4.59. The lowest BCUT2D eigenvalue weighted by molar-refractivity contribution is 0.0918. The van der Waals surface area contributed by atoms with E-state index >= 15 is 0 Å². The summed E-state index contributed by atoms with van der Waals surface area (Å²) < 4.78 is 24.0. The summed E-state index contributed by atoms with van der Waals surface area (Å²) in [6.07, 6.45) is 2.75. The summed E-state index contributed by atoms with van der Waals surface area (Å²) >= 11 is 0. The fourth-order valence-corrected chi connectivity index (χ4v) is 1.95. The Bertz CT molecular complexity index is 443. The summed E-state index contributed by atoms with van der Waals surface area (Å²) in [5.41, 5.74) is 0.0706. The highest BCUT2D eigenvalue weighted by Crippen LogP contribution is 2.31. The first-order valence-electron chi connectivity index (χ1n) is 6.50. The van der Waals surface area contributed by atoms with Crippen molar-refractivity contribution in [2.75, 3.05) is 14.2 Å². The summed E-state index contributed by atoms with van der Waals surface area (Å²) in [6.45, 7) is 3.89. The molecule has 1 rings (SSSR count).